The van der Waals surface area contributed by atoms with Crippen LogP contribution in [0.3, 0.4) is 0 Å². The summed E-state index contributed by atoms with van der Waals surface area (Å²) in [5, 5.41) is 0. The standard InChI is InChI=1S/C13H10F2N2O2/c14-12(15)11-7-9(5-6-17-11)8-1-3-10(4-2-8)19-13(16)18/h1-7,12H,(H2,16,18). The Morgan fingerprint density at radius 3 is 2.42 bits per heavy atom. The number of hydrogen-bond acceptors (Lipinski definition) is 3. The number of rotatable bonds is 3. The highest BCUT2D eigenvalue weighted by molar-refractivity contribution is 5.69. The van der Waals surface area contributed by atoms with Crippen molar-refractivity contribution in [3.8, 4) is 16.9 Å². The Hall–Kier alpha value is -2.50. The number of primary amides is 1. The number of alkyl halides is 2. The molecule has 1 heterocycles. The van der Waals surface area contributed by atoms with Crippen LogP contribution in [0.25, 0.3) is 11.1 Å². The third-order valence-corrected chi connectivity index (χ3v) is 2.41. The SMILES string of the molecule is NC(=O)Oc1ccc(-c2ccnc(C(F)F)c2)cc1. The predicted molar refractivity (Wildman–Crippen MR) is 64.8 cm³/mol. The zero-order valence-corrected chi connectivity index (χ0v) is 9.72. The second-order valence-corrected chi connectivity index (χ2v) is 3.72. The predicted octanol–water partition coefficient (Wildman–Crippen LogP) is 3.14. The highest BCUT2D eigenvalue weighted by atomic mass is 19.3. The van der Waals surface area contributed by atoms with E-state index >= 15 is 0 Å². The number of hydrogen-bond donors (Lipinski definition) is 1. The second kappa shape index (κ2) is 5.43. The first-order chi connectivity index (χ1) is 9.06. The summed E-state index contributed by atoms with van der Waals surface area (Å²) in [6, 6.07) is 9.28. The van der Waals surface area contributed by atoms with E-state index in [1.54, 1.807) is 18.2 Å². The number of nitrogens with two attached hydrogens (primary N) is 1. The van der Waals surface area contributed by atoms with Gasteiger partial charge in [0.15, 0.2) is 0 Å². The molecule has 0 saturated heterocycles. The molecule has 0 aliphatic carbocycles. The molecule has 2 N–H and O–H groups in total. The molecule has 0 unspecified atom stereocenters. The lowest BCUT2D eigenvalue weighted by atomic mass is 10.1. The topological polar surface area (TPSA) is 65.2 Å². The van der Waals surface area contributed by atoms with Crippen molar-refractivity contribution in [2.75, 3.05) is 0 Å². The van der Waals surface area contributed by atoms with Crippen LogP contribution in [-0.4, -0.2) is 11.1 Å². The molecule has 0 aliphatic rings. The van der Waals surface area contributed by atoms with Gasteiger partial charge in [0.25, 0.3) is 6.43 Å². The van der Waals surface area contributed by atoms with Crippen LogP contribution in [0.5, 0.6) is 5.75 Å². The van der Waals surface area contributed by atoms with Crippen LogP contribution < -0.4 is 10.5 Å². The van der Waals surface area contributed by atoms with E-state index in [-0.39, 0.29) is 5.69 Å². The van der Waals surface area contributed by atoms with E-state index in [2.05, 4.69) is 9.72 Å². The largest absolute Gasteiger partial charge is 0.411 e. The number of carbonyl (C=O) groups excluding carboxylic acids is 1. The van der Waals surface area contributed by atoms with E-state index in [1.807, 2.05) is 0 Å². The molecule has 0 radical (unpaired) electrons. The lowest BCUT2D eigenvalue weighted by molar-refractivity contribution is 0.146. The number of nitrogens with zero attached hydrogens (tertiary/aromatic N) is 1. The molecule has 98 valence electrons. The van der Waals surface area contributed by atoms with Crippen molar-refractivity contribution in [3.05, 3.63) is 48.3 Å². The summed E-state index contributed by atoms with van der Waals surface area (Å²) >= 11 is 0. The highest BCUT2D eigenvalue weighted by Gasteiger charge is 2.09. The van der Waals surface area contributed by atoms with Crippen LogP contribution in [-0.2, 0) is 0 Å². The Balaban J connectivity index is 2.26. The van der Waals surface area contributed by atoms with E-state index in [9.17, 15) is 13.6 Å². The van der Waals surface area contributed by atoms with E-state index in [1.165, 1.54) is 24.4 Å². The van der Waals surface area contributed by atoms with Gasteiger partial charge in [0.1, 0.15) is 11.4 Å². The maximum atomic E-state index is 12.5. The maximum absolute atomic E-state index is 12.5. The first kappa shape index (κ1) is 12.9. The van der Waals surface area contributed by atoms with Crippen LogP contribution in [0.15, 0.2) is 42.6 Å². The molecule has 0 saturated carbocycles. The molecule has 0 aliphatic heterocycles. The van der Waals surface area contributed by atoms with Gasteiger partial charge in [0, 0.05) is 6.20 Å². The fraction of sp³-hybridized carbons (Fsp3) is 0.0769. The second-order valence-electron chi connectivity index (χ2n) is 3.72. The van der Waals surface area contributed by atoms with Crippen molar-refractivity contribution >= 4 is 6.09 Å². The molecule has 6 heteroatoms. The van der Waals surface area contributed by atoms with Crippen molar-refractivity contribution in [1.82, 2.24) is 4.98 Å². The summed E-state index contributed by atoms with van der Waals surface area (Å²) in [5.74, 6) is 0.291. The smallest absolute Gasteiger partial charge is 0.409 e. The van der Waals surface area contributed by atoms with Crippen LogP contribution >= 0.6 is 0 Å². The molecular formula is C13H10F2N2O2. The molecule has 0 fully saturated rings. The molecule has 1 aromatic heterocycles. The normalized spacial score (nSPS) is 10.5. The average Bonchev–Trinajstić information content (AvgIpc) is 2.39. The minimum absolute atomic E-state index is 0.282. The lowest BCUT2D eigenvalue weighted by Gasteiger charge is -2.05. The summed E-state index contributed by atoms with van der Waals surface area (Å²) in [4.78, 5) is 14.1. The van der Waals surface area contributed by atoms with Gasteiger partial charge in [0.2, 0.25) is 0 Å². The number of aromatic nitrogens is 1. The molecular weight excluding hydrogens is 254 g/mol. The van der Waals surface area contributed by atoms with E-state index in [0.29, 0.717) is 16.9 Å². The molecule has 2 rings (SSSR count). The van der Waals surface area contributed by atoms with Gasteiger partial charge in [-0.2, -0.15) is 0 Å². The van der Waals surface area contributed by atoms with Crippen LogP contribution in [0, 0.1) is 0 Å². The minimum Gasteiger partial charge on any atom is -0.411 e. The number of ether oxygens (including phenoxy) is 1. The minimum atomic E-state index is -2.61. The van der Waals surface area contributed by atoms with Crippen LogP contribution in [0.1, 0.15) is 12.1 Å². The Labute approximate surface area is 107 Å². The molecule has 0 spiro atoms. The lowest BCUT2D eigenvalue weighted by Crippen LogP contribution is -2.16. The third-order valence-electron chi connectivity index (χ3n) is 2.41. The van der Waals surface area contributed by atoms with Crippen molar-refractivity contribution in [3.63, 3.8) is 0 Å². The summed E-state index contributed by atoms with van der Waals surface area (Å²) in [7, 11) is 0. The Morgan fingerprint density at radius 1 is 1.16 bits per heavy atom. The summed E-state index contributed by atoms with van der Waals surface area (Å²) in [5.41, 5.74) is 5.91. The monoisotopic (exact) mass is 264 g/mol. The molecule has 2 aromatic rings. The summed E-state index contributed by atoms with van der Waals surface area (Å²) < 4.78 is 29.7. The Morgan fingerprint density at radius 2 is 1.84 bits per heavy atom. The zero-order valence-electron chi connectivity index (χ0n) is 9.72. The summed E-state index contributed by atoms with van der Waals surface area (Å²) in [6.07, 6.45) is -2.20. The van der Waals surface area contributed by atoms with Gasteiger partial charge in [-0.25, -0.2) is 13.6 Å². The van der Waals surface area contributed by atoms with Gasteiger partial charge in [-0.3, -0.25) is 4.98 Å². The Kier molecular flexibility index (Phi) is 3.70. The third kappa shape index (κ3) is 3.25. The molecule has 4 nitrogen and oxygen atoms in total. The molecule has 0 atom stereocenters. The number of benzene rings is 1. The van der Waals surface area contributed by atoms with Gasteiger partial charge in [0.05, 0.1) is 0 Å². The van der Waals surface area contributed by atoms with Gasteiger partial charge in [-0.15, -0.1) is 0 Å². The van der Waals surface area contributed by atoms with Gasteiger partial charge in [-0.05, 0) is 35.4 Å². The van der Waals surface area contributed by atoms with Crippen molar-refractivity contribution in [1.29, 1.82) is 0 Å². The fourth-order valence-corrected chi connectivity index (χ4v) is 1.58. The van der Waals surface area contributed by atoms with Crippen LogP contribution in [0.2, 0.25) is 0 Å². The summed E-state index contributed by atoms with van der Waals surface area (Å²) in [6.45, 7) is 0. The van der Waals surface area contributed by atoms with Gasteiger partial charge >= 0.3 is 6.09 Å². The quantitative estimate of drug-likeness (QED) is 0.926. The molecule has 0 bridgehead atoms. The highest BCUT2D eigenvalue weighted by Crippen LogP contribution is 2.25. The average molecular weight is 264 g/mol. The van der Waals surface area contributed by atoms with Crippen molar-refractivity contribution < 1.29 is 18.3 Å². The van der Waals surface area contributed by atoms with E-state index < -0.39 is 12.5 Å². The van der Waals surface area contributed by atoms with E-state index in [4.69, 9.17) is 5.73 Å². The van der Waals surface area contributed by atoms with Crippen LogP contribution in [0.4, 0.5) is 13.6 Å². The van der Waals surface area contributed by atoms with Crippen molar-refractivity contribution in [2.24, 2.45) is 5.73 Å². The number of amides is 1. The van der Waals surface area contributed by atoms with E-state index in [0.717, 1.165) is 0 Å². The maximum Gasteiger partial charge on any atom is 0.409 e. The Bertz CT molecular complexity index is 585. The zero-order chi connectivity index (χ0) is 13.8. The number of carbonyl (C=O) groups is 1. The first-order valence-corrected chi connectivity index (χ1v) is 5.38. The first-order valence-electron chi connectivity index (χ1n) is 5.38. The number of halogens is 2. The molecule has 19 heavy (non-hydrogen) atoms. The van der Waals surface area contributed by atoms with Crippen molar-refractivity contribution in [2.45, 2.75) is 6.43 Å². The molecule has 1 amide bonds. The van der Waals surface area contributed by atoms with Gasteiger partial charge < -0.3 is 10.5 Å². The molecule has 1 aromatic carbocycles. The number of pyridine rings is 1. The van der Waals surface area contributed by atoms with Gasteiger partial charge in [-0.1, -0.05) is 12.1 Å². The fourth-order valence-electron chi connectivity index (χ4n) is 1.58.